The van der Waals surface area contributed by atoms with E-state index in [0.717, 1.165) is 31.0 Å². The zero-order valence-electron chi connectivity index (χ0n) is 27.5. The molecule has 262 valence electrons. The number of amides is 2. The van der Waals surface area contributed by atoms with Gasteiger partial charge in [0.1, 0.15) is 18.6 Å². The maximum absolute atomic E-state index is 14.3. The van der Waals surface area contributed by atoms with Gasteiger partial charge in [0.25, 0.3) is 5.91 Å². The molecule has 1 saturated carbocycles. The summed E-state index contributed by atoms with van der Waals surface area (Å²) in [5, 5.41) is 12.7. The topological polar surface area (TPSA) is 146 Å². The lowest BCUT2D eigenvalue weighted by atomic mass is 9.80. The normalized spacial score (nSPS) is 17.3. The Labute approximate surface area is 289 Å². The third kappa shape index (κ3) is 6.73. The van der Waals surface area contributed by atoms with Crippen LogP contribution in [-0.2, 0) is 23.9 Å². The SMILES string of the molecule is CCc1c(N2CCN(C(=O)c3ncnc(C)c3O)CC2)c(=O)c2nc(/C=C3\CCC3C)cnc2n1CC(=O)Nc1ccc(C(F)(F)F)cc1Cl. The molecular formula is C34H34ClF3N8O4. The minimum Gasteiger partial charge on any atom is -0.504 e. The molecule has 2 aliphatic rings. The van der Waals surface area contributed by atoms with Gasteiger partial charge in [-0.2, -0.15) is 13.2 Å². The second-order valence-electron chi connectivity index (χ2n) is 12.4. The van der Waals surface area contributed by atoms with E-state index in [1.807, 2.05) is 17.9 Å². The average molecular weight is 711 g/mol. The van der Waals surface area contributed by atoms with Crippen LogP contribution in [-0.4, -0.2) is 72.5 Å². The van der Waals surface area contributed by atoms with E-state index in [9.17, 15) is 32.7 Å². The molecule has 6 rings (SSSR count). The molecule has 1 aromatic carbocycles. The van der Waals surface area contributed by atoms with E-state index in [2.05, 4.69) is 27.2 Å². The lowest BCUT2D eigenvalue weighted by Gasteiger charge is -2.37. The first-order chi connectivity index (χ1) is 23.8. The van der Waals surface area contributed by atoms with Crippen LogP contribution in [0.15, 0.2) is 41.1 Å². The van der Waals surface area contributed by atoms with Crippen molar-refractivity contribution in [3.8, 4) is 5.75 Å². The Morgan fingerprint density at radius 3 is 2.50 bits per heavy atom. The molecule has 1 aliphatic heterocycles. The van der Waals surface area contributed by atoms with Gasteiger partial charge in [-0.15, -0.1) is 0 Å². The molecule has 1 aliphatic carbocycles. The molecule has 1 atom stereocenters. The molecule has 2 fully saturated rings. The Bertz CT molecular complexity index is 2090. The fraction of sp³-hybridized carbons (Fsp3) is 0.382. The molecule has 4 heterocycles. The fourth-order valence-electron chi connectivity index (χ4n) is 6.21. The molecule has 3 aromatic heterocycles. The first-order valence-corrected chi connectivity index (χ1v) is 16.5. The highest BCUT2D eigenvalue weighted by Crippen LogP contribution is 2.35. The van der Waals surface area contributed by atoms with Gasteiger partial charge in [-0.25, -0.2) is 19.9 Å². The summed E-state index contributed by atoms with van der Waals surface area (Å²) in [5.41, 5.74) is 1.58. The number of nitrogens with zero attached hydrogens (tertiary/aromatic N) is 7. The van der Waals surface area contributed by atoms with Crippen molar-refractivity contribution >= 4 is 52.0 Å². The standard InChI is InChI=1S/C34H34ClF3N8O4/c1-4-25-29(44-9-11-45(12-10-44)33(50)28-30(48)19(3)40-17-41-28)31(49)27-32(39-15-22(42-27)13-20-6-5-18(20)2)46(25)16-26(47)43-24-8-7-21(14-23(24)35)34(36,37)38/h7-8,13-15,17-18,48H,4-6,9-12,16H2,1-3H3,(H,43,47)/b20-13+. The summed E-state index contributed by atoms with van der Waals surface area (Å²) < 4.78 is 41.1. The Balaban J connectivity index is 1.36. The summed E-state index contributed by atoms with van der Waals surface area (Å²) in [6.45, 7) is 6.10. The van der Waals surface area contributed by atoms with Crippen LogP contribution in [0.1, 0.15) is 59.8 Å². The van der Waals surface area contributed by atoms with Crippen LogP contribution in [0.5, 0.6) is 5.75 Å². The number of allylic oxidation sites excluding steroid dienone is 1. The summed E-state index contributed by atoms with van der Waals surface area (Å²) in [6, 6.07) is 2.65. The van der Waals surface area contributed by atoms with Gasteiger partial charge in [0, 0.05) is 31.9 Å². The van der Waals surface area contributed by atoms with Gasteiger partial charge in [-0.05, 0) is 56.4 Å². The van der Waals surface area contributed by atoms with E-state index < -0.39 is 23.6 Å². The van der Waals surface area contributed by atoms with Gasteiger partial charge in [0.15, 0.2) is 22.6 Å². The number of pyridine rings is 1. The second kappa shape index (κ2) is 13.7. The first-order valence-electron chi connectivity index (χ1n) is 16.1. The Morgan fingerprint density at radius 2 is 1.88 bits per heavy atom. The van der Waals surface area contributed by atoms with Crippen LogP contribution < -0.4 is 15.6 Å². The predicted molar refractivity (Wildman–Crippen MR) is 181 cm³/mol. The molecular weight excluding hydrogens is 677 g/mol. The second-order valence-corrected chi connectivity index (χ2v) is 12.8. The van der Waals surface area contributed by atoms with Gasteiger partial charge in [0.05, 0.1) is 33.9 Å². The Kier molecular flexibility index (Phi) is 9.53. The average Bonchev–Trinajstić information content (AvgIpc) is 3.09. The summed E-state index contributed by atoms with van der Waals surface area (Å²) in [6.07, 6.45) is 2.38. The van der Waals surface area contributed by atoms with Crippen molar-refractivity contribution in [1.82, 2.24) is 29.4 Å². The Morgan fingerprint density at radius 1 is 1.14 bits per heavy atom. The van der Waals surface area contributed by atoms with Crippen molar-refractivity contribution < 1.29 is 27.9 Å². The zero-order valence-corrected chi connectivity index (χ0v) is 28.3. The maximum atomic E-state index is 14.3. The number of aromatic nitrogens is 5. The molecule has 4 aromatic rings. The summed E-state index contributed by atoms with van der Waals surface area (Å²) in [4.78, 5) is 61.5. The number of aromatic hydroxyl groups is 1. The largest absolute Gasteiger partial charge is 0.504 e. The first kappa shape index (κ1) is 34.8. The van der Waals surface area contributed by atoms with Gasteiger partial charge >= 0.3 is 6.18 Å². The molecule has 0 spiro atoms. The number of aryl methyl sites for hydroxylation is 1. The lowest BCUT2D eigenvalue weighted by molar-refractivity contribution is -0.137. The van der Waals surface area contributed by atoms with Crippen LogP contribution in [0.3, 0.4) is 0 Å². The van der Waals surface area contributed by atoms with Crippen LogP contribution >= 0.6 is 11.6 Å². The summed E-state index contributed by atoms with van der Waals surface area (Å²) in [7, 11) is 0. The Hall–Kier alpha value is -5.05. The van der Waals surface area contributed by atoms with E-state index in [4.69, 9.17) is 16.6 Å². The number of anilines is 2. The third-order valence-corrected chi connectivity index (χ3v) is 9.50. The summed E-state index contributed by atoms with van der Waals surface area (Å²) >= 11 is 6.11. The number of fused-ring (bicyclic) bond motifs is 1. The van der Waals surface area contributed by atoms with Crippen molar-refractivity contribution in [3.05, 3.63) is 79.9 Å². The molecule has 2 N–H and O–H groups in total. The molecule has 1 saturated heterocycles. The third-order valence-electron chi connectivity index (χ3n) is 9.19. The molecule has 16 heteroatoms. The number of hydrogen-bond acceptors (Lipinski definition) is 9. The van der Waals surface area contributed by atoms with Crippen molar-refractivity contribution in [2.45, 2.75) is 52.8 Å². The number of nitrogens with one attached hydrogen (secondary N) is 1. The highest BCUT2D eigenvalue weighted by molar-refractivity contribution is 6.33. The molecule has 50 heavy (non-hydrogen) atoms. The van der Waals surface area contributed by atoms with E-state index in [1.165, 1.54) is 16.8 Å². The summed E-state index contributed by atoms with van der Waals surface area (Å²) in [5.74, 6) is -0.965. The van der Waals surface area contributed by atoms with E-state index in [0.29, 0.717) is 29.4 Å². The van der Waals surface area contributed by atoms with Crippen molar-refractivity contribution in [3.63, 3.8) is 0 Å². The van der Waals surface area contributed by atoms with Gasteiger partial charge in [0.2, 0.25) is 11.3 Å². The van der Waals surface area contributed by atoms with Gasteiger partial charge in [-0.3, -0.25) is 14.4 Å². The van der Waals surface area contributed by atoms with Crippen molar-refractivity contribution in [2.24, 2.45) is 5.92 Å². The number of piperazine rings is 1. The van der Waals surface area contributed by atoms with Crippen LogP contribution in [0.4, 0.5) is 24.5 Å². The molecule has 12 nitrogen and oxygen atoms in total. The van der Waals surface area contributed by atoms with Crippen molar-refractivity contribution in [1.29, 1.82) is 0 Å². The number of benzene rings is 1. The van der Waals surface area contributed by atoms with Crippen molar-refractivity contribution in [2.75, 3.05) is 36.4 Å². The number of rotatable bonds is 7. The predicted octanol–water partition coefficient (Wildman–Crippen LogP) is 5.24. The number of hydrogen-bond donors (Lipinski definition) is 2. The van der Waals surface area contributed by atoms with Gasteiger partial charge in [-0.1, -0.05) is 31.0 Å². The number of alkyl halides is 3. The number of carbonyl (C=O) groups is 2. The van der Waals surface area contributed by atoms with Crippen LogP contribution in [0.2, 0.25) is 5.02 Å². The number of halogens is 4. The monoisotopic (exact) mass is 710 g/mol. The van der Waals surface area contributed by atoms with Crippen LogP contribution in [0.25, 0.3) is 17.2 Å². The maximum Gasteiger partial charge on any atom is 0.416 e. The smallest absolute Gasteiger partial charge is 0.416 e. The van der Waals surface area contributed by atoms with E-state index in [1.54, 1.807) is 17.7 Å². The molecule has 0 radical (unpaired) electrons. The minimum atomic E-state index is -4.60. The quantitative estimate of drug-likeness (QED) is 0.263. The molecule has 2 amide bonds. The number of carbonyl (C=O) groups excluding carboxylic acids is 2. The molecule has 1 unspecified atom stereocenters. The lowest BCUT2D eigenvalue weighted by Crippen LogP contribution is -2.50. The van der Waals surface area contributed by atoms with Gasteiger partial charge < -0.3 is 24.8 Å². The minimum absolute atomic E-state index is 0.00592. The van der Waals surface area contributed by atoms with Crippen LogP contribution in [0, 0.1) is 12.8 Å². The van der Waals surface area contributed by atoms with E-state index in [-0.39, 0.29) is 77.2 Å². The highest BCUT2D eigenvalue weighted by atomic mass is 35.5. The fourth-order valence-corrected chi connectivity index (χ4v) is 6.43. The van der Waals surface area contributed by atoms with E-state index >= 15 is 0 Å². The zero-order chi connectivity index (χ0) is 35.9. The molecule has 0 bridgehead atoms. The highest BCUT2D eigenvalue weighted by Gasteiger charge is 2.32.